The Balaban J connectivity index is 2.79. The summed E-state index contributed by atoms with van der Waals surface area (Å²) < 4.78 is 15.9. The third-order valence-electron chi connectivity index (χ3n) is 2.53. The number of amides is 1. The largest absolute Gasteiger partial charge is 0.493 e. The van der Waals surface area contributed by atoms with E-state index in [-0.39, 0.29) is 5.91 Å². The maximum absolute atomic E-state index is 12.0. The Bertz CT molecular complexity index is 437. The van der Waals surface area contributed by atoms with Gasteiger partial charge >= 0.3 is 0 Å². The first kappa shape index (κ1) is 15.8. The second-order valence-electron chi connectivity index (χ2n) is 3.79. The van der Waals surface area contributed by atoms with E-state index in [0.717, 1.165) is 6.42 Å². The molecular formula is C13H18BrNO4. The van der Waals surface area contributed by atoms with Crippen molar-refractivity contribution in [3.8, 4) is 11.5 Å². The predicted octanol–water partition coefficient (Wildman–Crippen LogP) is 2.23. The number of halogens is 1. The van der Waals surface area contributed by atoms with E-state index in [1.165, 1.54) is 7.11 Å². The van der Waals surface area contributed by atoms with Crippen LogP contribution < -0.4 is 14.8 Å². The highest BCUT2D eigenvalue weighted by molar-refractivity contribution is 9.10. The van der Waals surface area contributed by atoms with Crippen LogP contribution >= 0.6 is 15.9 Å². The molecule has 5 nitrogen and oxygen atoms in total. The molecule has 0 unspecified atom stereocenters. The van der Waals surface area contributed by atoms with Gasteiger partial charge in [0.05, 0.1) is 19.8 Å². The average molecular weight is 332 g/mol. The molecule has 1 rings (SSSR count). The lowest BCUT2D eigenvalue weighted by Crippen LogP contribution is -2.25. The van der Waals surface area contributed by atoms with Gasteiger partial charge in [0.25, 0.3) is 5.91 Å². The number of carbonyl (C=O) groups is 1. The number of ether oxygens (including phenoxy) is 3. The minimum atomic E-state index is -0.163. The highest BCUT2D eigenvalue weighted by Gasteiger charge is 2.15. The third-order valence-corrected chi connectivity index (χ3v) is 3.18. The molecule has 0 aliphatic rings. The average Bonchev–Trinajstić information content (AvgIpc) is 2.42. The molecule has 0 radical (unpaired) electrons. The third kappa shape index (κ3) is 4.40. The molecule has 0 aliphatic heterocycles. The molecule has 1 aromatic rings. The van der Waals surface area contributed by atoms with Crippen molar-refractivity contribution < 1.29 is 19.0 Å². The number of hydrogen-bond acceptors (Lipinski definition) is 4. The van der Waals surface area contributed by atoms with Gasteiger partial charge in [-0.15, -0.1) is 0 Å². The number of methoxy groups -OCH3 is 3. The molecule has 0 spiro atoms. The molecule has 0 aliphatic carbocycles. The second kappa shape index (κ2) is 8.01. The van der Waals surface area contributed by atoms with E-state index in [1.54, 1.807) is 26.4 Å². The van der Waals surface area contributed by atoms with Crippen LogP contribution in [0.5, 0.6) is 11.5 Å². The zero-order valence-corrected chi connectivity index (χ0v) is 12.9. The van der Waals surface area contributed by atoms with Gasteiger partial charge in [0.15, 0.2) is 11.5 Å². The lowest BCUT2D eigenvalue weighted by molar-refractivity contribution is 0.0947. The van der Waals surface area contributed by atoms with Gasteiger partial charge in [-0.1, -0.05) is 0 Å². The quantitative estimate of drug-likeness (QED) is 0.778. The number of nitrogens with one attached hydrogen (secondary N) is 1. The van der Waals surface area contributed by atoms with Crippen LogP contribution in [-0.4, -0.2) is 40.4 Å². The highest BCUT2D eigenvalue weighted by Crippen LogP contribution is 2.33. The van der Waals surface area contributed by atoms with Crippen molar-refractivity contribution in [2.45, 2.75) is 6.42 Å². The fourth-order valence-electron chi connectivity index (χ4n) is 1.54. The van der Waals surface area contributed by atoms with Crippen molar-refractivity contribution in [2.24, 2.45) is 0 Å². The van der Waals surface area contributed by atoms with Gasteiger partial charge < -0.3 is 19.5 Å². The summed E-state index contributed by atoms with van der Waals surface area (Å²) in [5.74, 6) is 0.932. The van der Waals surface area contributed by atoms with E-state index in [1.807, 2.05) is 0 Å². The zero-order chi connectivity index (χ0) is 14.3. The van der Waals surface area contributed by atoms with Gasteiger partial charge in [-0.2, -0.15) is 0 Å². The molecule has 1 aromatic carbocycles. The van der Waals surface area contributed by atoms with Gasteiger partial charge in [0.2, 0.25) is 0 Å². The Kier molecular flexibility index (Phi) is 6.66. The SMILES string of the molecule is COCCCNC(=O)c1cc(OC)c(OC)cc1Br. The molecule has 0 bridgehead atoms. The number of carbonyl (C=O) groups excluding carboxylic acids is 1. The summed E-state index contributed by atoms with van der Waals surface area (Å²) in [6.07, 6.45) is 0.771. The molecule has 0 fully saturated rings. The van der Waals surface area contributed by atoms with E-state index in [2.05, 4.69) is 21.2 Å². The zero-order valence-electron chi connectivity index (χ0n) is 11.3. The van der Waals surface area contributed by atoms with Crippen LogP contribution in [0.2, 0.25) is 0 Å². The van der Waals surface area contributed by atoms with Crippen molar-refractivity contribution in [3.63, 3.8) is 0 Å². The van der Waals surface area contributed by atoms with E-state index >= 15 is 0 Å². The number of rotatable bonds is 7. The summed E-state index contributed by atoms with van der Waals surface area (Å²) in [4.78, 5) is 12.0. The molecule has 1 N–H and O–H groups in total. The van der Waals surface area contributed by atoms with E-state index in [0.29, 0.717) is 34.7 Å². The Hall–Kier alpha value is -1.27. The number of hydrogen-bond donors (Lipinski definition) is 1. The van der Waals surface area contributed by atoms with Crippen LogP contribution in [0.4, 0.5) is 0 Å². The Morgan fingerprint density at radius 3 is 2.42 bits per heavy atom. The summed E-state index contributed by atoms with van der Waals surface area (Å²) in [6, 6.07) is 3.36. The van der Waals surface area contributed by atoms with E-state index in [4.69, 9.17) is 14.2 Å². The van der Waals surface area contributed by atoms with E-state index < -0.39 is 0 Å². The molecular weight excluding hydrogens is 314 g/mol. The lowest BCUT2D eigenvalue weighted by atomic mass is 10.2. The maximum Gasteiger partial charge on any atom is 0.252 e. The molecule has 0 saturated carbocycles. The molecule has 19 heavy (non-hydrogen) atoms. The second-order valence-corrected chi connectivity index (χ2v) is 4.64. The first-order chi connectivity index (χ1) is 9.13. The normalized spacial score (nSPS) is 10.1. The summed E-state index contributed by atoms with van der Waals surface area (Å²) in [6.45, 7) is 1.18. The van der Waals surface area contributed by atoms with Gasteiger partial charge in [0, 0.05) is 24.7 Å². The molecule has 0 aromatic heterocycles. The first-order valence-electron chi connectivity index (χ1n) is 5.82. The molecule has 0 atom stereocenters. The fraction of sp³-hybridized carbons (Fsp3) is 0.462. The minimum Gasteiger partial charge on any atom is -0.493 e. The Labute approximate surface area is 121 Å². The van der Waals surface area contributed by atoms with Crippen molar-refractivity contribution in [2.75, 3.05) is 34.5 Å². The molecule has 106 valence electrons. The summed E-state index contributed by atoms with van der Waals surface area (Å²) in [7, 11) is 4.72. The Morgan fingerprint density at radius 1 is 1.21 bits per heavy atom. The maximum atomic E-state index is 12.0. The minimum absolute atomic E-state index is 0.163. The lowest BCUT2D eigenvalue weighted by Gasteiger charge is -2.12. The van der Waals surface area contributed by atoms with Crippen molar-refractivity contribution in [1.82, 2.24) is 5.32 Å². The van der Waals surface area contributed by atoms with Crippen LogP contribution in [-0.2, 0) is 4.74 Å². The van der Waals surface area contributed by atoms with Gasteiger partial charge in [-0.05, 0) is 34.5 Å². The molecule has 0 heterocycles. The standard InChI is InChI=1S/C13H18BrNO4/c1-17-6-4-5-15-13(16)9-7-11(18-2)12(19-3)8-10(9)14/h7-8H,4-6H2,1-3H3,(H,15,16). The first-order valence-corrected chi connectivity index (χ1v) is 6.62. The van der Waals surface area contributed by atoms with Gasteiger partial charge in [0.1, 0.15) is 0 Å². The summed E-state index contributed by atoms with van der Waals surface area (Å²) >= 11 is 3.35. The number of benzene rings is 1. The molecule has 1 amide bonds. The van der Waals surface area contributed by atoms with Crippen molar-refractivity contribution in [3.05, 3.63) is 22.2 Å². The van der Waals surface area contributed by atoms with E-state index in [9.17, 15) is 4.79 Å². The predicted molar refractivity (Wildman–Crippen MR) is 76.1 cm³/mol. The van der Waals surface area contributed by atoms with Crippen LogP contribution in [0.15, 0.2) is 16.6 Å². The van der Waals surface area contributed by atoms with Crippen LogP contribution in [0.25, 0.3) is 0 Å². The molecule has 0 saturated heterocycles. The Morgan fingerprint density at radius 2 is 1.84 bits per heavy atom. The van der Waals surface area contributed by atoms with Gasteiger partial charge in [-0.25, -0.2) is 0 Å². The van der Waals surface area contributed by atoms with Crippen LogP contribution in [0.1, 0.15) is 16.8 Å². The smallest absolute Gasteiger partial charge is 0.252 e. The monoisotopic (exact) mass is 331 g/mol. The summed E-state index contributed by atoms with van der Waals surface area (Å²) in [5, 5.41) is 2.82. The van der Waals surface area contributed by atoms with Crippen LogP contribution in [0, 0.1) is 0 Å². The van der Waals surface area contributed by atoms with Crippen LogP contribution in [0.3, 0.4) is 0 Å². The fourth-order valence-corrected chi connectivity index (χ4v) is 2.04. The molecule has 6 heteroatoms. The topological polar surface area (TPSA) is 56.8 Å². The van der Waals surface area contributed by atoms with Crippen molar-refractivity contribution >= 4 is 21.8 Å². The highest BCUT2D eigenvalue weighted by atomic mass is 79.9. The summed E-state index contributed by atoms with van der Waals surface area (Å²) in [5.41, 5.74) is 0.509. The van der Waals surface area contributed by atoms with Gasteiger partial charge in [-0.3, -0.25) is 4.79 Å². The van der Waals surface area contributed by atoms with Crippen molar-refractivity contribution in [1.29, 1.82) is 0 Å².